The van der Waals surface area contributed by atoms with Gasteiger partial charge in [0.1, 0.15) is 5.56 Å². The second-order valence-electron chi connectivity index (χ2n) is 6.54. The summed E-state index contributed by atoms with van der Waals surface area (Å²) in [6.07, 6.45) is -1.79. The SMILES string of the molecule is CCCc1ccc(Nc2ncc(C(F)(F)F)c(N(C)c3ccc(Cl)cc3)n2)cc1. The van der Waals surface area contributed by atoms with Crippen LogP contribution in [0.5, 0.6) is 0 Å². The second-order valence-corrected chi connectivity index (χ2v) is 6.97. The molecular formula is C21H20ClF3N4. The van der Waals surface area contributed by atoms with Crippen molar-refractivity contribution in [1.82, 2.24) is 9.97 Å². The maximum atomic E-state index is 13.5. The van der Waals surface area contributed by atoms with Gasteiger partial charge in [0.05, 0.1) is 0 Å². The molecule has 0 unspecified atom stereocenters. The molecule has 1 aromatic heterocycles. The van der Waals surface area contributed by atoms with E-state index in [1.54, 1.807) is 24.3 Å². The van der Waals surface area contributed by atoms with Crippen LogP contribution in [0.25, 0.3) is 0 Å². The van der Waals surface area contributed by atoms with Crippen molar-refractivity contribution in [1.29, 1.82) is 0 Å². The van der Waals surface area contributed by atoms with E-state index in [2.05, 4.69) is 22.2 Å². The van der Waals surface area contributed by atoms with Crippen LogP contribution in [0.3, 0.4) is 0 Å². The summed E-state index contributed by atoms with van der Waals surface area (Å²) in [7, 11) is 1.52. The molecule has 152 valence electrons. The Morgan fingerprint density at radius 1 is 1.03 bits per heavy atom. The number of halogens is 4. The second kappa shape index (κ2) is 8.69. The molecule has 0 aliphatic heterocycles. The van der Waals surface area contributed by atoms with E-state index in [1.807, 2.05) is 24.3 Å². The van der Waals surface area contributed by atoms with Crippen molar-refractivity contribution >= 4 is 34.7 Å². The number of benzene rings is 2. The third-order valence-electron chi connectivity index (χ3n) is 4.35. The molecule has 8 heteroatoms. The number of alkyl halides is 3. The highest BCUT2D eigenvalue weighted by molar-refractivity contribution is 6.30. The zero-order chi connectivity index (χ0) is 21.0. The third kappa shape index (κ3) is 5.17. The molecule has 0 aliphatic carbocycles. The molecule has 2 aromatic carbocycles. The lowest BCUT2D eigenvalue weighted by Crippen LogP contribution is -2.19. The predicted octanol–water partition coefficient (Wildman–Crippen LogP) is 6.61. The Labute approximate surface area is 172 Å². The van der Waals surface area contributed by atoms with Crippen molar-refractivity contribution in [2.24, 2.45) is 0 Å². The van der Waals surface area contributed by atoms with E-state index in [4.69, 9.17) is 11.6 Å². The van der Waals surface area contributed by atoms with Crippen LogP contribution in [0.1, 0.15) is 24.5 Å². The van der Waals surface area contributed by atoms with Crippen LogP contribution in [0, 0.1) is 0 Å². The highest BCUT2D eigenvalue weighted by Crippen LogP contribution is 2.37. The zero-order valence-corrected chi connectivity index (χ0v) is 16.7. The van der Waals surface area contributed by atoms with Gasteiger partial charge in [-0.1, -0.05) is 37.1 Å². The molecule has 1 heterocycles. The molecule has 0 spiro atoms. The topological polar surface area (TPSA) is 41.1 Å². The van der Waals surface area contributed by atoms with Crippen molar-refractivity contribution in [2.75, 3.05) is 17.3 Å². The first kappa shape index (κ1) is 20.9. The summed E-state index contributed by atoms with van der Waals surface area (Å²) in [5.41, 5.74) is 1.49. The Kier molecular flexibility index (Phi) is 6.27. The first-order chi connectivity index (χ1) is 13.8. The summed E-state index contributed by atoms with van der Waals surface area (Å²) >= 11 is 5.88. The molecule has 3 aromatic rings. The molecule has 29 heavy (non-hydrogen) atoms. The molecule has 0 saturated carbocycles. The highest BCUT2D eigenvalue weighted by atomic mass is 35.5. The minimum Gasteiger partial charge on any atom is -0.329 e. The number of anilines is 4. The lowest BCUT2D eigenvalue weighted by atomic mass is 10.1. The Balaban J connectivity index is 1.94. The smallest absolute Gasteiger partial charge is 0.329 e. The quantitative estimate of drug-likeness (QED) is 0.487. The van der Waals surface area contributed by atoms with Crippen LogP contribution < -0.4 is 10.2 Å². The number of rotatable bonds is 6. The van der Waals surface area contributed by atoms with Crippen LogP contribution >= 0.6 is 11.6 Å². The van der Waals surface area contributed by atoms with Gasteiger partial charge in [0.25, 0.3) is 0 Å². The van der Waals surface area contributed by atoms with E-state index in [9.17, 15) is 13.2 Å². The Bertz CT molecular complexity index is 957. The van der Waals surface area contributed by atoms with Gasteiger partial charge in [-0.2, -0.15) is 18.2 Å². The van der Waals surface area contributed by atoms with Crippen LogP contribution in [0.4, 0.5) is 36.3 Å². The summed E-state index contributed by atoms with van der Waals surface area (Å²) in [5.74, 6) is -0.169. The Morgan fingerprint density at radius 2 is 1.69 bits per heavy atom. The lowest BCUT2D eigenvalue weighted by Gasteiger charge is -2.23. The minimum atomic E-state index is -4.59. The molecule has 4 nitrogen and oxygen atoms in total. The minimum absolute atomic E-state index is 0.0806. The molecule has 1 N–H and O–H groups in total. The average Bonchev–Trinajstić information content (AvgIpc) is 2.69. The summed E-state index contributed by atoms with van der Waals surface area (Å²) < 4.78 is 40.5. The zero-order valence-electron chi connectivity index (χ0n) is 16.0. The molecule has 0 fully saturated rings. The number of nitrogens with one attached hydrogen (secondary N) is 1. The maximum absolute atomic E-state index is 13.5. The van der Waals surface area contributed by atoms with Crippen molar-refractivity contribution in [3.05, 3.63) is 70.9 Å². The fraction of sp³-hybridized carbons (Fsp3) is 0.238. The van der Waals surface area contributed by atoms with Gasteiger partial charge in [0.15, 0.2) is 5.82 Å². The summed E-state index contributed by atoms with van der Waals surface area (Å²) in [6.45, 7) is 2.10. The van der Waals surface area contributed by atoms with Gasteiger partial charge in [-0.25, -0.2) is 4.98 Å². The number of nitrogens with zero attached hydrogens (tertiary/aromatic N) is 3. The van der Waals surface area contributed by atoms with Crippen LogP contribution in [0.15, 0.2) is 54.7 Å². The average molecular weight is 421 g/mol. The first-order valence-corrected chi connectivity index (χ1v) is 9.45. The van der Waals surface area contributed by atoms with Crippen molar-refractivity contribution in [2.45, 2.75) is 25.9 Å². The van der Waals surface area contributed by atoms with Gasteiger partial charge in [0, 0.05) is 29.6 Å². The van der Waals surface area contributed by atoms with E-state index in [0.717, 1.165) is 19.0 Å². The normalized spacial score (nSPS) is 11.4. The molecule has 0 radical (unpaired) electrons. The van der Waals surface area contributed by atoms with Gasteiger partial charge >= 0.3 is 6.18 Å². The largest absolute Gasteiger partial charge is 0.421 e. The van der Waals surface area contributed by atoms with Gasteiger partial charge in [-0.15, -0.1) is 0 Å². The summed E-state index contributed by atoms with van der Waals surface area (Å²) in [6, 6.07) is 14.1. The van der Waals surface area contributed by atoms with Gasteiger partial charge < -0.3 is 10.2 Å². The Morgan fingerprint density at radius 3 is 2.28 bits per heavy atom. The van der Waals surface area contributed by atoms with Gasteiger partial charge in [0.2, 0.25) is 5.95 Å². The standard InChI is InChI=1S/C21H20ClF3N4/c1-3-4-14-5-9-16(10-6-14)27-20-26-13-18(21(23,24)25)19(28-20)29(2)17-11-7-15(22)8-12-17/h5-13H,3-4H2,1-2H3,(H,26,27,28). The predicted molar refractivity (Wildman–Crippen MR) is 110 cm³/mol. The molecule has 0 aliphatic rings. The first-order valence-electron chi connectivity index (χ1n) is 9.07. The van der Waals surface area contributed by atoms with E-state index in [1.165, 1.54) is 17.5 Å². The van der Waals surface area contributed by atoms with E-state index in [0.29, 0.717) is 16.4 Å². The number of aryl methyl sites for hydroxylation is 1. The molecule has 0 saturated heterocycles. The lowest BCUT2D eigenvalue weighted by molar-refractivity contribution is -0.137. The van der Waals surface area contributed by atoms with Crippen LogP contribution in [0.2, 0.25) is 5.02 Å². The molecule has 0 amide bonds. The van der Waals surface area contributed by atoms with Crippen LogP contribution in [-0.2, 0) is 12.6 Å². The van der Waals surface area contributed by atoms with Gasteiger partial charge in [-0.05, 0) is 48.4 Å². The highest BCUT2D eigenvalue weighted by Gasteiger charge is 2.36. The van der Waals surface area contributed by atoms with Crippen molar-refractivity contribution in [3.8, 4) is 0 Å². The molecular weight excluding hydrogens is 401 g/mol. The fourth-order valence-electron chi connectivity index (χ4n) is 2.85. The fourth-order valence-corrected chi connectivity index (χ4v) is 2.97. The van der Waals surface area contributed by atoms with Crippen molar-refractivity contribution in [3.63, 3.8) is 0 Å². The molecule has 3 rings (SSSR count). The van der Waals surface area contributed by atoms with Crippen molar-refractivity contribution < 1.29 is 13.2 Å². The third-order valence-corrected chi connectivity index (χ3v) is 4.61. The molecule has 0 atom stereocenters. The maximum Gasteiger partial charge on any atom is 0.421 e. The number of hydrogen-bond acceptors (Lipinski definition) is 4. The van der Waals surface area contributed by atoms with E-state index >= 15 is 0 Å². The molecule has 0 bridgehead atoms. The monoisotopic (exact) mass is 420 g/mol. The Hall–Kier alpha value is -2.80. The van der Waals surface area contributed by atoms with Crippen LogP contribution in [-0.4, -0.2) is 17.0 Å². The summed E-state index contributed by atoms with van der Waals surface area (Å²) in [4.78, 5) is 9.36. The number of aromatic nitrogens is 2. The van der Waals surface area contributed by atoms with Gasteiger partial charge in [-0.3, -0.25) is 0 Å². The van der Waals surface area contributed by atoms with E-state index in [-0.39, 0.29) is 11.8 Å². The van der Waals surface area contributed by atoms with E-state index < -0.39 is 11.7 Å². The number of hydrogen-bond donors (Lipinski definition) is 1. The summed E-state index contributed by atoms with van der Waals surface area (Å²) in [5, 5.41) is 3.47.